The number of halogens is 1. The molecule has 0 aliphatic carbocycles. The molecule has 0 aromatic heterocycles. The fourth-order valence-corrected chi connectivity index (χ4v) is 1.77. The molecule has 16 heavy (non-hydrogen) atoms. The zero-order chi connectivity index (χ0) is 12.0. The van der Waals surface area contributed by atoms with E-state index >= 15 is 0 Å². The van der Waals surface area contributed by atoms with Gasteiger partial charge in [-0.3, -0.25) is 0 Å². The Kier molecular flexibility index (Phi) is 5.84. The summed E-state index contributed by atoms with van der Waals surface area (Å²) in [5.74, 6) is 0. The van der Waals surface area contributed by atoms with E-state index in [0.717, 1.165) is 24.9 Å². The van der Waals surface area contributed by atoms with Crippen molar-refractivity contribution in [2.45, 2.75) is 26.3 Å². The molecule has 0 aliphatic rings. The molecular formula is C11H17BClNO2. The predicted molar refractivity (Wildman–Crippen MR) is 67.9 cm³/mol. The highest BCUT2D eigenvalue weighted by Gasteiger charge is 2.17. The minimum atomic E-state index is -1.47. The highest BCUT2D eigenvalue weighted by molar-refractivity contribution is 6.59. The van der Waals surface area contributed by atoms with Crippen molar-refractivity contribution in [3.8, 4) is 0 Å². The number of rotatable bonds is 6. The van der Waals surface area contributed by atoms with Crippen molar-refractivity contribution in [2.24, 2.45) is 0 Å². The minimum absolute atomic E-state index is 0.469. The lowest BCUT2D eigenvalue weighted by Crippen LogP contribution is -2.35. The summed E-state index contributed by atoms with van der Waals surface area (Å²) < 4.78 is 0. The van der Waals surface area contributed by atoms with Crippen LogP contribution in [0.5, 0.6) is 0 Å². The summed E-state index contributed by atoms with van der Waals surface area (Å²) in [4.78, 5) is 0. The van der Waals surface area contributed by atoms with Crippen LogP contribution < -0.4 is 10.8 Å². The van der Waals surface area contributed by atoms with Gasteiger partial charge in [0.05, 0.1) is 0 Å². The van der Waals surface area contributed by atoms with Gasteiger partial charge in [0.25, 0.3) is 0 Å². The average Bonchev–Trinajstić information content (AvgIpc) is 2.25. The maximum Gasteiger partial charge on any atom is 0.488 e. The van der Waals surface area contributed by atoms with Crippen LogP contribution in [-0.2, 0) is 6.54 Å². The Bertz CT molecular complexity index is 334. The van der Waals surface area contributed by atoms with Crippen molar-refractivity contribution in [3.05, 3.63) is 28.8 Å². The van der Waals surface area contributed by atoms with Gasteiger partial charge in [-0.05, 0) is 30.1 Å². The van der Waals surface area contributed by atoms with Crippen LogP contribution in [0.2, 0.25) is 5.02 Å². The fraction of sp³-hybridized carbons (Fsp3) is 0.455. The summed E-state index contributed by atoms with van der Waals surface area (Å²) in [6.45, 7) is 3.59. The molecule has 0 saturated heterocycles. The molecular weight excluding hydrogens is 224 g/mol. The van der Waals surface area contributed by atoms with Gasteiger partial charge < -0.3 is 15.4 Å². The van der Waals surface area contributed by atoms with Gasteiger partial charge in [-0.1, -0.05) is 37.1 Å². The third kappa shape index (κ3) is 3.79. The van der Waals surface area contributed by atoms with Crippen LogP contribution in [0.4, 0.5) is 0 Å². The molecule has 88 valence electrons. The van der Waals surface area contributed by atoms with E-state index in [-0.39, 0.29) is 0 Å². The molecule has 3 nitrogen and oxygen atoms in total. The first-order chi connectivity index (χ1) is 7.66. The van der Waals surface area contributed by atoms with E-state index in [1.807, 2.05) is 0 Å². The van der Waals surface area contributed by atoms with Crippen molar-refractivity contribution >= 4 is 24.2 Å². The van der Waals surface area contributed by atoms with E-state index in [4.69, 9.17) is 11.6 Å². The Morgan fingerprint density at radius 2 is 2.12 bits per heavy atom. The third-order valence-electron chi connectivity index (χ3n) is 2.44. The van der Waals surface area contributed by atoms with Gasteiger partial charge in [-0.25, -0.2) is 0 Å². The molecule has 0 fully saturated rings. The smallest absolute Gasteiger partial charge is 0.423 e. The Balaban J connectivity index is 2.69. The van der Waals surface area contributed by atoms with Gasteiger partial charge in [-0.2, -0.15) is 0 Å². The molecule has 0 atom stereocenters. The van der Waals surface area contributed by atoms with Crippen LogP contribution in [0.1, 0.15) is 25.3 Å². The van der Waals surface area contributed by atoms with E-state index in [2.05, 4.69) is 12.2 Å². The number of nitrogens with one attached hydrogen (secondary N) is 1. The van der Waals surface area contributed by atoms with Crippen molar-refractivity contribution < 1.29 is 10.0 Å². The van der Waals surface area contributed by atoms with Crippen molar-refractivity contribution in [1.29, 1.82) is 0 Å². The monoisotopic (exact) mass is 241 g/mol. The molecule has 1 rings (SSSR count). The molecule has 0 heterocycles. The van der Waals surface area contributed by atoms with Crippen LogP contribution in [0, 0.1) is 0 Å². The van der Waals surface area contributed by atoms with E-state index in [1.54, 1.807) is 18.2 Å². The quantitative estimate of drug-likeness (QED) is 0.513. The Morgan fingerprint density at radius 1 is 1.38 bits per heavy atom. The van der Waals surface area contributed by atoms with Gasteiger partial charge in [0.2, 0.25) is 0 Å². The van der Waals surface area contributed by atoms with Crippen LogP contribution in [0.15, 0.2) is 18.2 Å². The number of hydrogen-bond acceptors (Lipinski definition) is 3. The third-order valence-corrected chi connectivity index (χ3v) is 2.80. The maximum absolute atomic E-state index is 9.20. The molecule has 1 aromatic carbocycles. The SMILES string of the molecule is CCCCNCc1c(Cl)cccc1B(O)O. The first-order valence-corrected chi connectivity index (χ1v) is 5.88. The lowest BCUT2D eigenvalue weighted by Gasteiger charge is -2.11. The molecule has 0 radical (unpaired) electrons. The zero-order valence-corrected chi connectivity index (χ0v) is 10.2. The van der Waals surface area contributed by atoms with Gasteiger partial charge in [-0.15, -0.1) is 0 Å². The van der Waals surface area contributed by atoms with E-state index in [1.165, 1.54) is 0 Å². The summed E-state index contributed by atoms with van der Waals surface area (Å²) >= 11 is 6.02. The fourth-order valence-electron chi connectivity index (χ4n) is 1.52. The molecule has 0 amide bonds. The van der Waals surface area contributed by atoms with Crippen LogP contribution in [-0.4, -0.2) is 23.7 Å². The maximum atomic E-state index is 9.20. The van der Waals surface area contributed by atoms with E-state index in [0.29, 0.717) is 17.0 Å². The lowest BCUT2D eigenvalue weighted by atomic mass is 9.77. The standard InChI is InChI=1S/C11H17BClNO2/c1-2-3-7-14-8-9-10(12(15)16)5-4-6-11(9)13/h4-6,14-16H,2-3,7-8H2,1H3. The second-order valence-corrected chi connectivity index (χ2v) is 4.12. The second-order valence-electron chi connectivity index (χ2n) is 3.71. The Hall–Kier alpha value is -0.545. The summed E-state index contributed by atoms with van der Waals surface area (Å²) in [7, 11) is -1.47. The summed E-state index contributed by atoms with van der Waals surface area (Å²) in [5.41, 5.74) is 1.23. The zero-order valence-electron chi connectivity index (χ0n) is 9.41. The average molecular weight is 242 g/mol. The highest BCUT2D eigenvalue weighted by Crippen LogP contribution is 2.13. The largest absolute Gasteiger partial charge is 0.488 e. The van der Waals surface area contributed by atoms with E-state index in [9.17, 15) is 10.0 Å². The molecule has 0 bridgehead atoms. The molecule has 0 aliphatic heterocycles. The van der Waals surface area contributed by atoms with Crippen LogP contribution in [0.25, 0.3) is 0 Å². The first kappa shape index (κ1) is 13.5. The topological polar surface area (TPSA) is 52.5 Å². The van der Waals surface area contributed by atoms with Crippen LogP contribution in [0.3, 0.4) is 0 Å². The van der Waals surface area contributed by atoms with Gasteiger partial charge in [0.1, 0.15) is 0 Å². The molecule has 5 heteroatoms. The first-order valence-electron chi connectivity index (χ1n) is 5.51. The summed E-state index contributed by atoms with van der Waals surface area (Å²) in [6, 6.07) is 5.14. The van der Waals surface area contributed by atoms with Crippen molar-refractivity contribution in [1.82, 2.24) is 5.32 Å². The number of unbranched alkanes of at least 4 members (excludes halogenated alkanes) is 1. The second kappa shape index (κ2) is 6.91. The molecule has 0 unspecified atom stereocenters. The van der Waals surface area contributed by atoms with Gasteiger partial charge >= 0.3 is 7.12 Å². The number of benzene rings is 1. The van der Waals surface area contributed by atoms with E-state index < -0.39 is 7.12 Å². The molecule has 3 N–H and O–H groups in total. The normalized spacial score (nSPS) is 10.5. The Morgan fingerprint density at radius 3 is 2.75 bits per heavy atom. The summed E-state index contributed by atoms with van der Waals surface area (Å²) in [5, 5.41) is 22.2. The lowest BCUT2D eigenvalue weighted by molar-refractivity contribution is 0.425. The predicted octanol–water partition coefficient (Wildman–Crippen LogP) is 0.909. The number of hydrogen-bond donors (Lipinski definition) is 3. The Labute approximate surface area is 102 Å². The summed E-state index contributed by atoms with van der Waals surface area (Å²) in [6.07, 6.45) is 2.23. The van der Waals surface area contributed by atoms with Crippen molar-refractivity contribution in [2.75, 3.05) is 6.54 Å². The van der Waals surface area contributed by atoms with Gasteiger partial charge in [0, 0.05) is 11.6 Å². The highest BCUT2D eigenvalue weighted by atomic mass is 35.5. The molecule has 1 aromatic rings. The van der Waals surface area contributed by atoms with Crippen molar-refractivity contribution in [3.63, 3.8) is 0 Å². The van der Waals surface area contributed by atoms with Crippen LogP contribution >= 0.6 is 11.6 Å². The van der Waals surface area contributed by atoms with Gasteiger partial charge in [0.15, 0.2) is 0 Å². The molecule has 0 saturated carbocycles. The minimum Gasteiger partial charge on any atom is -0.423 e. The molecule has 0 spiro atoms.